The van der Waals surface area contributed by atoms with Crippen LogP contribution in [0.4, 0.5) is 0 Å². The highest BCUT2D eigenvalue weighted by Gasteiger charge is 2.23. The molecule has 104 valence electrons. The molecule has 1 saturated heterocycles. The maximum absolute atomic E-state index is 12.2. The van der Waals surface area contributed by atoms with Crippen LogP contribution in [-0.2, 0) is 6.42 Å². The van der Waals surface area contributed by atoms with Crippen LogP contribution in [-0.4, -0.2) is 41.5 Å². The molecule has 19 heavy (non-hydrogen) atoms. The number of nitrogens with one attached hydrogen (secondary N) is 1. The molecule has 1 aromatic rings. The summed E-state index contributed by atoms with van der Waals surface area (Å²) in [6.45, 7) is 7.43. The zero-order chi connectivity index (χ0) is 13.7. The lowest BCUT2D eigenvalue weighted by Crippen LogP contribution is -2.37. The molecule has 4 nitrogen and oxygen atoms in total. The molecule has 1 N–H and O–H groups in total. The quantitative estimate of drug-likeness (QED) is 0.880. The predicted octanol–water partition coefficient (Wildman–Crippen LogP) is 1.86. The van der Waals surface area contributed by atoms with Gasteiger partial charge >= 0.3 is 0 Å². The van der Waals surface area contributed by atoms with E-state index in [1.807, 2.05) is 13.0 Å². The number of rotatable bonds is 5. The highest BCUT2D eigenvalue weighted by Crippen LogP contribution is 2.11. The fraction of sp³-hybridized carbons (Fsp3) is 0.600. The SMILES string of the molecule is CCCN1CC[C@H](NC(=O)c2ccnc(CC)c2)C1. The van der Waals surface area contributed by atoms with Gasteiger partial charge in [0.15, 0.2) is 0 Å². The number of hydrogen-bond acceptors (Lipinski definition) is 3. The number of aromatic nitrogens is 1. The van der Waals surface area contributed by atoms with Crippen molar-refractivity contribution >= 4 is 5.91 Å². The summed E-state index contributed by atoms with van der Waals surface area (Å²) in [5.74, 6) is 0.0282. The van der Waals surface area contributed by atoms with Crippen molar-refractivity contribution in [1.82, 2.24) is 15.2 Å². The number of hydrogen-bond donors (Lipinski definition) is 1. The Labute approximate surface area is 115 Å². The van der Waals surface area contributed by atoms with E-state index in [1.54, 1.807) is 12.3 Å². The zero-order valence-electron chi connectivity index (χ0n) is 11.9. The monoisotopic (exact) mass is 261 g/mol. The van der Waals surface area contributed by atoms with Gasteiger partial charge in [-0.3, -0.25) is 9.78 Å². The second-order valence-electron chi connectivity index (χ2n) is 5.15. The van der Waals surface area contributed by atoms with Crippen molar-refractivity contribution in [2.24, 2.45) is 0 Å². The Hall–Kier alpha value is -1.42. The molecule has 2 rings (SSSR count). The van der Waals surface area contributed by atoms with E-state index in [1.165, 1.54) is 6.42 Å². The van der Waals surface area contributed by atoms with Gasteiger partial charge in [-0.25, -0.2) is 0 Å². The first-order valence-electron chi connectivity index (χ1n) is 7.21. The van der Waals surface area contributed by atoms with E-state index in [4.69, 9.17) is 0 Å². The van der Waals surface area contributed by atoms with E-state index in [-0.39, 0.29) is 11.9 Å². The van der Waals surface area contributed by atoms with Crippen LogP contribution in [0.2, 0.25) is 0 Å². The largest absolute Gasteiger partial charge is 0.348 e. The van der Waals surface area contributed by atoms with Gasteiger partial charge in [0.05, 0.1) is 0 Å². The molecular weight excluding hydrogens is 238 g/mol. The third-order valence-corrected chi connectivity index (χ3v) is 3.59. The lowest BCUT2D eigenvalue weighted by atomic mass is 10.1. The highest BCUT2D eigenvalue weighted by molar-refractivity contribution is 5.94. The van der Waals surface area contributed by atoms with E-state index < -0.39 is 0 Å². The van der Waals surface area contributed by atoms with Crippen molar-refractivity contribution < 1.29 is 4.79 Å². The molecule has 1 aromatic heterocycles. The van der Waals surface area contributed by atoms with Gasteiger partial charge in [-0.15, -0.1) is 0 Å². The second kappa shape index (κ2) is 6.66. The fourth-order valence-corrected chi connectivity index (χ4v) is 2.55. The summed E-state index contributed by atoms with van der Waals surface area (Å²) in [5.41, 5.74) is 1.69. The van der Waals surface area contributed by atoms with Crippen LogP contribution in [0, 0.1) is 0 Å². The van der Waals surface area contributed by atoms with E-state index in [0.717, 1.165) is 43.7 Å². The predicted molar refractivity (Wildman–Crippen MR) is 76.2 cm³/mol. The first-order chi connectivity index (χ1) is 9.22. The molecular formula is C15H23N3O. The minimum Gasteiger partial charge on any atom is -0.348 e. The number of likely N-dealkylation sites (tertiary alicyclic amines) is 1. The first-order valence-corrected chi connectivity index (χ1v) is 7.21. The smallest absolute Gasteiger partial charge is 0.251 e. The molecule has 1 fully saturated rings. The minimum absolute atomic E-state index is 0.0282. The van der Waals surface area contributed by atoms with Gasteiger partial charge in [-0.2, -0.15) is 0 Å². The minimum atomic E-state index is 0.0282. The van der Waals surface area contributed by atoms with Crippen LogP contribution in [0.25, 0.3) is 0 Å². The van der Waals surface area contributed by atoms with Crippen LogP contribution in [0.15, 0.2) is 18.3 Å². The molecule has 4 heteroatoms. The Bertz CT molecular complexity index is 433. The van der Waals surface area contributed by atoms with Gasteiger partial charge < -0.3 is 10.2 Å². The zero-order valence-corrected chi connectivity index (χ0v) is 11.9. The number of carbonyl (C=O) groups is 1. The van der Waals surface area contributed by atoms with Crippen molar-refractivity contribution in [3.63, 3.8) is 0 Å². The van der Waals surface area contributed by atoms with Gasteiger partial charge in [-0.1, -0.05) is 13.8 Å². The van der Waals surface area contributed by atoms with Crippen molar-refractivity contribution in [1.29, 1.82) is 0 Å². The van der Waals surface area contributed by atoms with Crippen LogP contribution < -0.4 is 5.32 Å². The maximum atomic E-state index is 12.2. The number of nitrogens with zero attached hydrogens (tertiary/aromatic N) is 2. The molecule has 1 atom stereocenters. The van der Waals surface area contributed by atoms with E-state index in [0.29, 0.717) is 0 Å². The third kappa shape index (κ3) is 3.77. The Balaban J connectivity index is 1.90. The van der Waals surface area contributed by atoms with E-state index in [2.05, 4.69) is 22.1 Å². The van der Waals surface area contributed by atoms with Gasteiger partial charge in [-0.05, 0) is 37.9 Å². The normalized spacial score (nSPS) is 19.6. The number of amides is 1. The molecule has 0 radical (unpaired) electrons. The van der Waals surface area contributed by atoms with Gasteiger partial charge in [0.25, 0.3) is 5.91 Å². The second-order valence-corrected chi connectivity index (χ2v) is 5.15. The molecule has 0 saturated carbocycles. The van der Waals surface area contributed by atoms with Gasteiger partial charge in [0.1, 0.15) is 0 Å². The molecule has 0 bridgehead atoms. The molecule has 1 amide bonds. The molecule has 0 spiro atoms. The van der Waals surface area contributed by atoms with E-state index >= 15 is 0 Å². The topological polar surface area (TPSA) is 45.2 Å². The molecule has 0 aromatic carbocycles. The lowest BCUT2D eigenvalue weighted by molar-refractivity contribution is 0.0937. The van der Waals surface area contributed by atoms with Gasteiger partial charge in [0.2, 0.25) is 0 Å². The summed E-state index contributed by atoms with van der Waals surface area (Å²) in [7, 11) is 0. The average molecular weight is 261 g/mol. The molecule has 0 unspecified atom stereocenters. The average Bonchev–Trinajstić information content (AvgIpc) is 2.86. The Kier molecular flexibility index (Phi) is 4.91. The summed E-state index contributed by atoms with van der Waals surface area (Å²) in [5, 5.41) is 3.13. The standard InChI is InChI=1S/C15H23N3O/c1-3-8-18-9-6-14(11-18)17-15(19)12-5-7-16-13(4-2)10-12/h5,7,10,14H,3-4,6,8-9,11H2,1-2H3,(H,17,19)/t14-/m0/s1. The summed E-state index contributed by atoms with van der Waals surface area (Å²) in [6.07, 6.45) is 4.79. The maximum Gasteiger partial charge on any atom is 0.251 e. The Morgan fingerprint density at radius 1 is 1.53 bits per heavy atom. The van der Waals surface area contributed by atoms with Crippen LogP contribution in [0.1, 0.15) is 42.7 Å². The lowest BCUT2D eigenvalue weighted by Gasteiger charge is -2.15. The highest BCUT2D eigenvalue weighted by atomic mass is 16.1. The number of pyridine rings is 1. The van der Waals surface area contributed by atoms with Crippen LogP contribution in [0.3, 0.4) is 0 Å². The summed E-state index contributed by atoms with van der Waals surface area (Å²) < 4.78 is 0. The molecule has 2 heterocycles. The molecule has 1 aliphatic rings. The molecule has 1 aliphatic heterocycles. The van der Waals surface area contributed by atoms with Crippen molar-refractivity contribution in [3.05, 3.63) is 29.6 Å². The number of carbonyl (C=O) groups excluding carboxylic acids is 1. The van der Waals surface area contributed by atoms with Gasteiger partial charge in [0, 0.05) is 36.6 Å². The number of aryl methyl sites for hydroxylation is 1. The summed E-state index contributed by atoms with van der Waals surface area (Å²) >= 11 is 0. The molecule has 0 aliphatic carbocycles. The van der Waals surface area contributed by atoms with Crippen molar-refractivity contribution in [2.75, 3.05) is 19.6 Å². The fourth-order valence-electron chi connectivity index (χ4n) is 2.55. The Morgan fingerprint density at radius 3 is 3.11 bits per heavy atom. The van der Waals surface area contributed by atoms with Crippen molar-refractivity contribution in [3.8, 4) is 0 Å². The van der Waals surface area contributed by atoms with E-state index in [9.17, 15) is 4.79 Å². The first kappa shape index (κ1) is 14.0. The van der Waals surface area contributed by atoms with Crippen molar-refractivity contribution in [2.45, 2.75) is 39.2 Å². The summed E-state index contributed by atoms with van der Waals surface area (Å²) in [6, 6.07) is 3.96. The summed E-state index contributed by atoms with van der Waals surface area (Å²) in [4.78, 5) is 18.8. The van der Waals surface area contributed by atoms with Crippen LogP contribution in [0.5, 0.6) is 0 Å². The Morgan fingerprint density at radius 2 is 2.37 bits per heavy atom. The van der Waals surface area contributed by atoms with Crippen LogP contribution >= 0.6 is 0 Å². The third-order valence-electron chi connectivity index (χ3n) is 3.59.